The van der Waals surface area contributed by atoms with E-state index >= 15 is 0 Å². The second kappa shape index (κ2) is 4.68. The number of thiophene rings is 1. The second-order valence-electron chi connectivity index (χ2n) is 5.42. The minimum atomic E-state index is -0.437. The van der Waals surface area contributed by atoms with E-state index in [0.29, 0.717) is 16.5 Å². The summed E-state index contributed by atoms with van der Waals surface area (Å²) in [5.41, 5.74) is 13.2. The second-order valence-corrected chi connectivity index (χ2v) is 6.42. The largest absolute Gasteiger partial charge is 0.397 e. The van der Waals surface area contributed by atoms with Crippen LogP contribution in [-0.2, 0) is 0 Å². The first kappa shape index (κ1) is 12.7. The maximum absolute atomic E-state index is 11.5. The van der Waals surface area contributed by atoms with E-state index in [9.17, 15) is 9.90 Å². The number of nitrogen functional groups attached to an aromatic ring is 1. The molecule has 1 amide bonds. The number of aliphatic hydroxyl groups is 1. The van der Waals surface area contributed by atoms with Crippen LogP contribution in [-0.4, -0.2) is 30.2 Å². The average molecular weight is 281 g/mol. The molecule has 5 nitrogen and oxygen atoms in total. The molecule has 5 N–H and O–H groups in total. The molecule has 2 aliphatic rings. The highest BCUT2D eigenvalue weighted by molar-refractivity contribution is 7.18. The fourth-order valence-electron chi connectivity index (χ4n) is 2.70. The topological polar surface area (TPSA) is 92.6 Å². The number of rotatable bonds is 3. The molecule has 0 atom stereocenters. The molecule has 2 fully saturated rings. The SMILES string of the molecule is NC(=O)c1sc(N2CCC(O)CC2)c(C2CC2)c1N. The minimum absolute atomic E-state index is 0.200. The predicted molar refractivity (Wildman–Crippen MR) is 76.7 cm³/mol. The standard InChI is InChI=1S/C13H19N3O2S/c14-10-9(7-1-2-7)13(19-11(10)12(15)18)16-5-3-8(17)4-6-16/h7-8,17H,1-6,14H2,(H2,15,18). The van der Waals surface area contributed by atoms with Crippen molar-refractivity contribution in [3.8, 4) is 0 Å². The Kier molecular flexibility index (Phi) is 3.14. The molecule has 0 bridgehead atoms. The molecule has 3 rings (SSSR count). The van der Waals surface area contributed by atoms with Crippen molar-refractivity contribution in [3.05, 3.63) is 10.4 Å². The number of nitrogens with zero attached hydrogens (tertiary/aromatic N) is 1. The van der Waals surface area contributed by atoms with Crippen LogP contribution in [0.4, 0.5) is 10.7 Å². The first-order valence-electron chi connectivity index (χ1n) is 6.73. The number of aliphatic hydroxyl groups excluding tert-OH is 1. The van der Waals surface area contributed by atoms with Gasteiger partial charge < -0.3 is 21.5 Å². The Hall–Kier alpha value is -1.27. The lowest BCUT2D eigenvalue weighted by atomic mass is 10.1. The number of hydrogen-bond donors (Lipinski definition) is 3. The molecule has 1 aromatic heterocycles. The summed E-state index contributed by atoms with van der Waals surface area (Å²) in [6.45, 7) is 1.64. The van der Waals surface area contributed by atoms with Gasteiger partial charge in [0.2, 0.25) is 0 Å². The molecule has 0 radical (unpaired) electrons. The van der Waals surface area contributed by atoms with Crippen molar-refractivity contribution >= 4 is 27.9 Å². The normalized spacial score (nSPS) is 20.8. The zero-order valence-electron chi connectivity index (χ0n) is 10.8. The van der Waals surface area contributed by atoms with Crippen molar-refractivity contribution in [2.24, 2.45) is 5.73 Å². The summed E-state index contributed by atoms with van der Waals surface area (Å²) < 4.78 is 0. The molecule has 2 heterocycles. The molecule has 1 aromatic rings. The van der Waals surface area contributed by atoms with Gasteiger partial charge in [-0.05, 0) is 31.6 Å². The van der Waals surface area contributed by atoms with Crippen LogP contribution in [0, 0.1) is 0 Å². The number of anilines is 2. The highest BCUT2D eigenvalue weighted by Crippen LogP contribution is 2.52. The van der Waals surface area contributed by atoms with Crippen LogP contribution in [0.5, 0.6) is 0 Å². The fraction of sp³-hybridized carbons (Fsp3) is 0.615. The van der Waals surface area contributed by atoms with Crippen molar-refractivity contribution in [1.29, 1.82) is 0 Å². The van der Waals surface area contributed by atoms with Gasteiger partial charge in [0, 0.05) is 18.7 Å². The summed E-state index contributed by atoms with van der Waals surface area (Å²) in [4.78, 5) is 14.2. The van der Waals surface area contributed by atoms with Crippen LogP contribution in [0.3, 0.4) is 0 Å². The van der Waals surface area contributed by atoms with E-state index in [2.05, 4.69) is 4.90 Å². The third-order valence-electron chi connectivity index (χ3n) is 3.93. The average Bonchev–Trinajstić information content (AvgIpc) is 3.14. The van der Waals surface area contributed by atoms with Crippen LogP contribution in [0.2, 0.25) is 0 Å². The molecule has 0 unspecified atom stereocenters. The molecule has 1 saturated heterocycles. The molecule has 19 heavy (non-hydrogen) atoms. The van der Waals surface area contributed by atoms with Crippen molar-refractivity contribution in [1.82, 2.24) is 0 Å². The van der Waals surface area contributed by atoms with Gasteiger partial charge in [0.1, 0.15) is 4.88 Å². The number of piperidine rings is 1. The van der Waals surface area contributed by atoms with Gasteiger partial charge in [-0.3, -0.25) is 4.79 Å². The number of hydrogen-bond acceptors (Lipinski definition) is 5. The van der Waals surface area contributed by atoms with Crippen molar-refractivity contribution in [2.45, 2.75) is 37.7 Å². The molecule has 1 aliphatic heterocycles. The van der Waals surface area contributed by atoms with E-state index in [-0.39, 0.29) is 6.10 Å². The molecular weight excluding hydrogens is 262 g/mol. The summed E-state index contributed by atoms with van der Waals surface area (Å²) in [5.74, 6) is 0.0545. The molecule has 1 aliphatic carbocycles. The van der Waals surface area contributed by atoms with Crippen LogP contribution < -0.4 is 16.4 Å². The maximum atomic E-state index is 11.5. The van der Waals surface area contributed by atoms with E-state index in [0.717, 1.165) is 49.3 Å². The number of primary amides is 1. The lowest BCUT2D eigenvalue weighted by Gasteiger charge is -2.31. The summed E-state index contributed by atoms with van der Waals surface area (Å²) in [6, 6.07) is 0. The summed E-state index contributed by atoms with van der Waals surface area (Å²) >= 11 is 1.42. The Morgan fingerprint density at radius 3 is 2.42 bits per heavy atom. The van der Waals surface area contributed by atoms with Gasteiger partial charge in [-0.25, -0.2) is 0 Å². The summed E-state index contributed by atoms with van der Waals surface area (Å²) in [6.07, 6.45) is 3.63. The summed E-state index contributed by atoms with van der Waals surface area (Å²) in [5, 5.41) is 10.7. The number of carbonyl (C=O) groups is 1. The lowest BCUT2D eigenvalue weighted by molar-refractivity contribution is 0.100. The molecule has 1 saturated carbocycles. The van der Waals surface area contributed by atoms with Gasteiger partial charge in [0.25, 0.3) is 5.91 Å². The molecule has 6 heteroatoms. The summed E-state index contributed by atoms with van der Waals surface area (Å²) in [7, 11) is 0. The van der Waals surface area contributed by atoms with Crippen LogP contribution >= 0.6 is 11.3 Å². The third kappa shape index (κ3) is 2.30. The number of carbonyl (C=O) groups excluding carboxylic acids is 1. The monoisotopic (exact) mass is 281 g/mol. The van der Waals surface area contributed by atoms with Gasteiger partial charge >= 0.3 is 0 Å². The van der Waals surface area contributed by atoms with E-state index in [1.807, 2.05) is 0 Å². The highest BCUT2D eigenvalue weighted by atomic mass is 32.1. The Labute approximate surface area is 116 Å². The van der Waals surface area contributed by atoms with E-state index in [1.165, 1.54) is 11.3 Å². The molecular formula is C13H19N3O2S. The molecule has 0 spiro atoms. The molecule has 0 aromatic carbocycles. The van der Waals surface area contributed by atoms with Crippen molar-refractivity contribution < 1.29 is 9.90 Å². The Balaban J connectivity index is 1.95. The van der Waals surface area contributed by atoms with Gasteiger partial charge in [-0.15, -0.1) is 11.3 Å². The fourth-order valence-corrected chi connectivity index (χ4v) is 3.91. The van der Waals surface area contributed by atoms with Crippen LogP contribution in [0.1, 0.15) is 46.8 Å². The van der Waals surface area contributed by atoms with Crippen molar-refractivity contribution in [3.63, 3.8) is 0 Å². The smallest absolute Gasteiger partial charge is 0.260 e. The third-order valence-corrected chi connectivity index (χ3v) is 5.22. The van der Waals surface area contributed by atoms with Gasteiger partial charge in [0.15, 0.2) is 0 Å². The first-order chi connectivity index (χ1) is 9.08. The van der Waals surface area contributed by atoms with E-state index in [1.54, 1.807) is 0 Å². The zero-order valence-corrected chi connectivity index (χ0v) is 11.6. The Morgan fingerprint density at radius 2 is 1.89 bits per heavy atom. The van der Waals surface area contributed by atoms with Crippen molar-refractivity contribution in [2.75, 3.05) is 23.7 Å². The molecule has 104 valence electrons. The number of nitrogens with two attached hydrogens (primary N) is 2. The quantitative estimate of drug-likeness (QED) is 0.778. The van der Waals surface area contributed by atoms with Gasteiger partial charge in [0.05, 0.1) is 16.8 Å². The zero-order chi connectivity index (χ0) is 13.6. The minimum Gasteiger partial charge on any atom is -0.397 e. The predicted octanol–water partition coefficient (Wildman–Crippen LogP) is 1.27. The van der Waals surface area contributed by atoms with E-state index in [4.69, 9.17) is 11.5 Å². The number of amides is 1. The van der Waals surface area contributed by atoms with Gasteiger partial charge in [-0.2, -0.15) is 0 Å². The Bertz CT molecular complexity index is 502. The van der Waals surface area contributed by atoms with Crippen LogP contribution in [0.25, 0.3) is 0 Å². The first-order valence-corrected chi connectivity index (χ1v) is 7.54. The van der Waals surface area contributed by atoms with Crippen LogP contribution in [0.15, 0.2) is 0 Å². The Morgan fingerprint density at radius 1 is 1.26 bits per heavy atom. The maximum Gasteiger partial charge on any atom is 0.260 e. The van der Waals surface area contributed by atoms with E-state index < -0.39 is 5.91 Å². The highest BCUT2D eigenvalue weighted by Gasteiger charge is 2.34. The van der Waals surface area contributed by atoms with Gasteiger partial charge in [-0.1, -0.05) is 0 Å². The lowest BCUT2D eigenvalue weighted by Crippen LogP contribution is -2.35.